The summed E-state index contributed by atoms with van der Waals surface area (Å²) in [5.74, 6) is 0.678. The van der Waals surface area contributed by atoms with Crippen LogP contribution in [0.5, 0.6) is 5.75 Å². The van der Waals surface area contributed by atoms with Gasteiger partial charge in [0.1, 0.15) is 5.75 Å². The van der Waals surface area contributed by atoms with Crippen LogP contribution in [0.1, 0.15) is 41.5 Å². The summed E-state index contributed by atoms with van der Waals surface area (Å²) in [5.41, 5.74) is 3.08. The molecule has 1 aromatic carbocycles. The molecule has 7 heteroatoms. The van der Waals surface area contributed by atoms with Gasteiger partial charge in [-0.3, -0.25) is 4.79 Å². The molecular formula is C20H23BrN4O2. The molecule has 2 aromatic heterocycles. The van der Waals surface area contributed by atoms with E-state index in [0.29, 0.717) is 12.1 Å². The lowest BCUT2D eigenvalue weighted by Gasteiger charge is -2.20. The van der Waals surface area contributed by atoms with Gasteiger partial charge in [-0.15, -0.1) is 0 Å². The fourth-order valence-corrected chi connectivity index (χ4v) is 3.51. The first-order valence-corrected chi connectivity index (χ1v) is 9.54. The zero-order chi connectivity index (χ0) is 19.7. The van der Waals surface area contributed by atoms with E-state index in [1.807, 2.05) is 49.7 Å². The van der Waals surface area contributed by atoms with Gasteiger partial charge in [0.25, 0.3) is 5.91 Å². The number of pyridine rings is 1. The fraction of sp³-hybridized carbons (Fsp3) is 0.350. The minimum absolute atomic E-state index is 0.0733. The lowest BCUT2D eigenvalue weighted by Crippen LogP contribution is -2.26. The first kappa shape index (κ1) is 19.4. The predicted molar refractivity (Wildman–Crippen MR) is 109 cm³/mol. The normalized spacial score (nSPS) is 11.2. The third-order valence-corrected chi connectivity index (χ3v) is 4.90. The number of amides is 1. The van der Waals surface area contributed by atoms with Crippen LogP contribution in [0.3, 0.4) is 0 Å². The van der Waals surface area contributed by atoms with Gasteiger partial charge >= 0.3 is 0 Å². The molecular weight excluding hydrogens is 408 g/mol. The molecule has 2 heterocycles. The Kier molecular flexibility index (Phi) is 5.51. The van der Waals surface area contributed by atoms with Gasteiger partial charge in [-0.05, 0) is 45.0 Å². The SMILES string of the molecule is COc1ccc(Br)cc1CN(C)C(=O)c1cc(C)nc2c1cnn2C(C)C. The van der Waals surface area contributed by atoms with Crippen molar-refractivity contribution in [1.29, 1.82) is 0 Å². The number of fused-ring (bicyclic) bond motifs is 1. The first-order chi connectivity index (χ1) is 12.8. The summed E-state index contributed by atoms with van der Waals surface area (Å²) in [5, 5.41) is 5.19. The van der Waals surface area contributed by atoms with Gasteiger partial charge in [-0.25, -0.2) is 9.67 Å². The van der Waals surface area contributed by atoms with Crippen LogP contribution in [-0.2, 0) is 6.54 Å². The van der Waals surface area contributed by atoms with Crippen molar-refractivity contribution in [2.24, 2.45) is 0 Å². The number of nitrogens with zero attached hydrogens (tertiary/aromatic N) is 4. The summed E-state index contributed by atoms with van der Waals surface area (Å²) < 4.78 is 8.21. The van der Waals surface area contributed by atoms with Crippen molar-refractivity contribution in [3.05, 3.63) is 51.8 Å². The molecule has 0 radical (unpaired) electrons. The summed E-state index contributed by atoms with van der Waals surface area (Å²) >= 11 is 3.48. The predicted octanol–water partition coefficient (Wildman–Crippen LogP) is 4.36. The number of benzene rings is 1. The molecule has 0 atom stereocenters. The molecule has 0 N–H and O–H groups in total. The van der Waals surface area contributed by atoms with E-state index < -0.39 is 0 Å². The number of ether oxygens (including phenoxy) is 1. The van der Waals surface area contributed by atoms with Gasteiger partial charge in [0.2, 0.25) is 0 Å². The molecule has 0 unspecified atom stereocenters. The van der Waals surface area contributed by atoms with Crippen LogP contribution >= 0.6 is 15.9 Å². The van der Waals surface area contributed by atoms with Gasteiger partial charge in [-0.2, -0.15) is 5.10 Å². The fourth-order valence-electron chi connectivity index (χ4n) is 3.10. The van der Waals surface area contributed by atoms with Crippen molar-refractivity contribution < 1.29 is 9.53 Å². The second-order valence-electron chi connectivity index (χ2n) is 6.85. The number of methoxy groups -OCH3 is 1. The lowest BCUT2D eigenvalue weighted by molar-refractivity contribution is 0.0786. The topological polar surface area (TPSA) is 60.2 Å². The quantitative estimate of drug-likeness (QED) is 0.602. The molecule has 0 aliphatic heterocycles. The van der Waals surface area contributed by atoms with E-state index in [1.165, 1.54) is 0 Å². The highest BCUT2D eigenvalue weighted by Crippen LogP contribution is 2.26. The van der Waals surface area contributed by atoms with Gasteiger partial charge in [0.05, 0.1) is 24.3 Å². The van der Waals surface area contributed by atoms with E-state index >= 15 is 0 Å². The average molecular weight is 431 g/mol. The Bertz CT molecular complexity index is 997. The number of carbonyl (C=O) groups is 1. The number of halogens is 1. The van der Waals surface area contributed by atoms with Gasteiger partial charge in [0.15, 0.2) is 5.65 Å². The Morgan fingerprint density at radius 1 is 1.33 bits per heavy atom. The van der Waals surface area contributed by atoms with Crippen LogP contribution < -0.4 is 4.74 Å². The maximum absolute atomic E-state index is 13.2. The Labute approximate surface area is 167 Å². The molecule has 3 rings (SSSR count). The molecule has 0 aliphatic carbocycles. The average Bonchev–Trinajstić information content (AvgIpc) is 3.04. The molecule has 0 bridgehead atoms. The maximum Gasteiger partial charge on any atom is 0.254 e. The van der Waals surface area contributed by atoms with Crippen LogP contribution in [-0.4, -0.2) is 39.7 Å². The Balaban J connectivity index is 1.97. The van der Waals surface area contributed by atoms with E-state index in [1.54, 1.807) is 25.3 Å². The van der Waals surface area contributed by atoms with Crippen LogP contribution in [0.2, 0.25) is 0 Å². The molecule has 142 valence electrons. The second-order valence-corrected chi connectivity index (χ2v) is 7.76. The maximum atomic E-state index is 13.2. The lowest BCUT2D eigenvalue weighted by atomic mass is 10.1. The molecule has 0 fully saturated rings. The smallest absolute Gasteiger partial charge is 0.254 e. The molecule has 3 aromatic rings. The third kappa shape index (κ3) is 3.83. The van der Waals surface area contributed by atoms with Crippen LogP contribution in [0.25, 0.3) is 11.0 Å². The molecule has 6 nitrogen and oxygen atoms in total. The molecule has 1 amide bonds. The van der Waals surface area contributed by atoms with E-state index in [9.17, 15) is 4.79 Å². The Hall–Kier alpha value is -2.41. The standard InChI is InChI=1S/C20H23BrN4O2/c1-12(2)25-19-17(10-22-25)16(8-13(3)23-19)20(26)24(4)11-14-9-15(21)6-7-18(14)27-5/h6-10,12H,11H2,1-5H3. The summed E-state index contributed by atoms with van der Waals surface area (Å²) in [6.07, 6.45) is 1.72. The third-order valence-electron chi connectivity index (χ3n) is 4.41. The van der Waals surface area contributed by atoms with Crippen molar-refractivity contribution in [2.45, 2.75) is 33.4 Å². The number of aromatic nitrogens is 3. The van der Waals surface area contributed by atoms with Gasteiger partial charge in [0, 0.05) is 35.4 Å². The van der Waals surface area contributed by atoms with E-state index in [0.717, 1.165) is 32.5 Å². The van der Waals surface area contributed by atoms with Crippen molar-refractivity contribution in [2.75, 3.05) is 14.2 Å². The second kappa shape index (κ2) is 7.68. The molecule has 0 spiro atoms. The summed E-state index contributed by atoms with van der Waals surface area (Å²) in [6, 6.07) is 7.76. The minimum Gasteiger partial charge on any atom is -0.496 e. The van der Waals surface area contributed by atoms with Crippen LogP contribution in [0.15, 0.2) is 34.9 Å². The number of aryl methyl sites for hydroxylation is 1. The van der Waals surface area contributed by atoms with Crippen molar-refractivity contribution in [3.63, 3.8) is 0 Å². The van der Waals surface area contributed by atoms with E-state index in [2.05, 4.69) is 26.0 Å². The van der Waals surface area contributed by atoms with Crippen molar-refractivity contribution in [3.8, 4) is 5.75 Å². The van der Waals surface area contributed by atoms with E-state index in [-0.39, 0.29) is 11.9 Å². The van der Waals surface area contributed by atoms with Crippen molar-refractivity contribution >= 4 is 32.9 Å². The highest BCUT2D eigenvalue weighted by atomic mass is 79.9. The highest BCUT2D eigenvalue weighted by molar-refractivity contribution is 9.10. The molecule has 0 saturated carbocycles. The summed E-state index contributed by atoms with van der Waals surface area (Å²) in [7, 11) is 3.42. The number of rotatable bonds is 5. The Morgan fingerprint density at radius 2 is 2.07 bits per heavy atom. The first-order valence-electron chi connectivity index (χ1n) is 8.74. The largest absolute Gasteiger partial charge is 0.496 e. The zero-order valence-electron chi connectivity index (χ0n) is 16.2. The number of hydrogen-bond donors (Lipinski definition) is 0. The molecule has 0 aliphatic rings. The number of hydrogen-bond acceptors (Lipinski definition) is 4. The summed E-state index contributed by atoms with van der Waals surface area (Å²) in [6.45, 7) is 6.42. The summed E-state index contributed by atoms with van der Waals surface area (Å²) in [4.78, 5) is 19.5. The van der Waals surface area contributed by atoms with Gasteiger partial charge in [-0.1, -0.05) is 15.9 Å². The molecule has 27 heavy (non-hydrogen) atoms. The molecule has 0 saturated heterocycles. The van der Waals surface area contributed by atoms with E-state index in [4.69, 9.17) is 4.74 Å². The van der Waals surface area contributed by atoms with Crippen molar-refractivity contribution in [1.82, 2.24) is 19.7 Å². The zero-order valence-corrected chi connectivity index (χ0v) is 17.7. The Morgan fingerprint density at radius 3 is 2.74 bits per heavy atom. The monoisotopic (exact) mass is 430 g/mol. The minimum atomic E-state index is -0.0733. The van der Waals surface area contributed by atoms with Gasteiger partial charge < -0.3 is 9.64 Å². The van der Waals surface area contributed by atoms with Crippen LogP contribution in [0.4, 0.5) is 0 Å². The van der Waals surface area contributed by atoms with Crippen LogP contribution in [0, 0.1) is 6.92 Å². The number of carbonyl (C=O) groups excluding carboxylic acids is 1. The highest BCUT2D eigenvalue weighted by Gasteiger charge is 2.20.